The van der Waals surface area contributed by atoms with Gasteiger partial charge in [0.2, 0.25) is 17.1 Å². The molecule has 3 rings (SSSR count). The Balaban J connectivity index is 2.41. The second-order valence-electron chi connectivity index (χ2n) is 6.38. The van der Waals surface area contributed by atoms with Crippen molar-refractivity contribution < 1.29 is 24.5 Å². The van der Waals surface area contributed by atoms with Gasteiger partial charge in [-0.25, -0.2) is 0 Å². The lowest BCUT2D eigenvalue weighted by molar-refractivity contribution is -0.119. The maximum atomic E-state index is 12.3. The molecule has 1 aliphatic carbocycles. The third kappa shape index (κ3) is 3.28. The second-order valence-corrected chi connectivity index (χ2v) is 6.38. The molecule has 1 aliphatic rings. The molecule has 142 valence electrons. The lowest BCUT2D eigenvalue weighted by Crippen LogP contribution is -2.26. The molecule has 1 unspecified atom stereocenters. The Kier molecular flexibility index (Phi) is 4.94. The summed E-state index contributed by atoms with van der Waals surface area (Å²) in [6, 6.07) is 5.71. The van der Waals surface area contributed by atoms with Gasteiger partial charge in [0.05, 0.1) is 20.3 Å². The molecule has 3 N–H and O–H groups in total. The number of nitrogens with one attached hydrogen (secondary N) is 1. The van der Waals surface area contributed by atoms with Crippen molar-refractivity contribution >= 4 is 5.91 Å². The molecule has 0 radical (unpaired) electrons. The molecule has 7 nitrogen and oxygen atoms in total. The zero-order valence-electron chi connectivity index (χ0n) is 15.3. The number of amides is 1. The van der Waals surface area contributed by atoms with Crippen LogP contribution in [0.1, 0.15) is 30.5 Å². The minimum atomic E-state index is -0.375. The summed E-state index contributed by atoms with van der Waals surface area (Å²) in [4.78, 5) is 24.0. The lowest BCUT2D eigenvalue weighted by atomic mass is 9.95. The number of methoxy groups -OCH3 is 2. The highest BCUT2D eigenvalue weighted by Crippen LogP contribution is 2.49. The normalized spacial score (nSPS) is 15.1. The Morgan fingerprint density at radius 3 is 2.56 bits per heavy atom. The van der Waals surface area contributed by atoms with Gasteiger partial charge in [-0.2, -0.15) is 0 Å². The van der Waals surface area contributed by atoms with Crippen LogP contribution in [0, 0.1) is 0 Å². The lowest BCUT2D eigenvalue weighted by Gasteiger charge is -2.18. The standard InChI is InChI=1S/C20H21NO6/c1-10(22)21-14-6-4-11-8-16(24)19(25)20(27-3)18(11)12-5-7-15(23)17(26-2)9-13(12)14/h5,7-9,14,24-25H,4,6H2,1-3H3,(H,21,22). The average molecular weight is 371 g/mol. The first kappa shape index (κ1) is 18.6. The molecular weight excluding hydrogens is 350 g/mol. The van der Waals surface area contributed by atoms with Crippen molar-refractivity contribution in [3.63, 3.8) is 0 Å². The molecule has 1 amide bonds. The van der Waals surface area contributed by atoms with Gasteiger partial charge in [0.15, 0.2) is 17.2 Å². The largest absolute Gasteiger partial charge is 0.504 e. The molecule has 0 heterocycles. The Bertz CT molecular complexity index is 969. The molecular formula is C20H21NO6. The smallest absolute Gasteiger partial charge is 0.220 e. The van der Waals surface area contributed by atoms with Crippen molar-refractivity contribution in [3.8, 4) is 34.1 Å². The number of aryl methyl sites for hydroxylation is 1. The fourth-order valence-electron chi connectivity index (χ4n) is 3.53. The van der Waals surface area contributed by atoms with E-state index in [1.54, 1.807) is 12.1 Å². The summed E-state index contributed by atoms with van der Waals surface area (Å²) in [6.45, 7) is 1.43. The van der Waals surface area contributed by atoms with E-state index < -0.39 is 0 Å². The van der Waals surface area contributed by atoms with Crippen LogP contribution in [0.2, 0.25) is 0 Å². The van der Waals surface area contributed by atoms with Gasteiger partial charge in [0.1, 0.15) is 0 Å². The zero-order chi connectivity index (χ0) is 19.7. The predicted octanol–water partition coefficient (Wildman–Crippen LogP) is 2.27. The van der Waals surface area contributed by atoms with E-state index >= 15 is 0 Å². The summed E-state index contributed by atoms with van der Waals surface area (Å²) in [5, 5.41) is 23.2. The minimum Gasteiger partial charge on any atom is -0.504 e. The Labute approximate surface area is 156 Å². The number of carbonyl (C=O) groups is 1. The van der Waals surface area contributed by atoms with Crippen LogP contribution in [0.4, 0.5) is 0 Å². The van der Waals surface area contributed by atoms with Crippen molar-refractivity contribution in [1.29, 1.82) is 0 Å². The first-order chi connectivity index (χ1) is 12.9. The number of phenols is 2. The van der Waals surface area contributed by atoms with Crippen LogP contribution in [0.25, 0.3) is 11.1 Å². The highest BCUT2D eigenvalue weighted by Gasteiger charge is 2.28. The number of hydrogen-bond donors (Lipinski definition) is 3. The molecule has 7 heteroatoms. The van der Waals surface area contributed by atoms with E-state index in [1.807, 2.05) is 0 Å². The van der Waals surface area contributed by atoms with Gasteiger partial charge >= 0.3 is 0 Å². The van der Waals surface area contributed by atoms with E-state index in [0.717, 1.165) is 5.56 Å². The van der Waals surface area contributed by atoms with Gasteiger partial charge in [0.25, 0.3) is 0 Å². The van der Waals surface area contributed by atoms with Crippen molar-refractivity contribution in [2.75, 3.05) is 14.2 Å². The van der Waals surface area contributed by atoms with Crippen molar-refractivity contribution in [1.82, 2.24) is 5.32 Å². The number of carbonyl (C=O) groups excluding carboxylic acids is 1. The third-order valence-electron chi connectivity index (χ3n) is 4.71. The van der Waals surface area contributed by atoms with Gasteiger partial charge in [-0.3, -0.25) is 9.59 Å². The molecule has 0 aliphatic heterocycles. The summed E-state index contributed by atoms with van der Waals surface area (Å²) < 4.78 is 10.6. The molecule has 1 atom stereocenters. The number of hydrogen-bond acceptors (Lipinski definition) is 6. The summed E-state index contributed by atoms with van der Waals surface area (Å²) in [5.74, 6) is -0.597. The summed E-state index contributed by atoms with van der Waals surface area (Å²) in [7, 11) is 2.80. The Morgan fingerprint density at radius 2 is 1.93 bits per heavy atom. The molecule has 2 aromatic carbocycles. The molecule has 27 heavy (non-hydrogen) atoms. The third-order valence-corrected chi connectivity index (χ3v) is 4.71. The minimum absolute atomic E-state index is 0.118. The van der Waals surface area contributed by atoms with Crippen LogP contribution in [0.3, 0.4) is 0 Å². The monoisotopic (exact) mass is 371 g/mol. The molecule has 2 aromatic rings. The molecule has 0 spiro atoms. The van der Waals surface area contributed by atoms with E-state index in [2.05, 4.69) is 5.32 Å². The maximum Gasteiger partial charge on any atom is 0.220 e. The Morgan fingerprint density at radius 1 is 1.19 bits per heavy atom. The van der Waals surface area contributed by atoms with Gasteiger partial charge in [-0.05, 0) is 53.8 Å². The van der Waals surface area contributed by atoms with Gasteiger partial charge < -0.3 is 25.0 Å². The fraction of sp³-hybridized carbons (Fsp3) is 0.300. The quantitative estimate of drug-likeness (QED) is 0.715. The average Bonchev–Trinajstić information content (AvgIpc) is 2.87. The predicted molar refractivity (Wildman–Crippen MR) is 99.5 cm³/mol. The number of ether oxygens (including phenoxy) is 2. The van der Waals surface area contributed by atoms with Crippen molar-refractivity contribution in [2.24, 2.45) is 0 Å². The number of phenolic OH excluding ortho intramolecular Hbond substituents is 2. The van der Waals surface area contributed by atoms with Crippen LogP contribution in [0.5, 0.6) is 23.0 Å². The van der Waals surface area contributed by atoms with Gasteiger partial charge in [-0.1, -0.05) is 0 Å². The van der Waals surface area contributed by atoms with Crippen LogP contribution in [-0.2, 0) is 11.2 Å². The van der Waals surface area contributed by atoms with Crippen LogP contribution in [-0.4, -0.2) is 30.3 Å². The van der Waals surface area contributed by atoms with Crippen LogP contribution < -0.4 is 20.2 Å². The second kappa shape index (κ2) is 7.19. The number of aromatic hydroxyl groups is 2. The van der Waals surface area contributed by atoms with Gasteiger partial charge in [-0.15, -0.1) is 0 Å². The van der Waals surface area contributed by atoms with Crippen LogP contribution >= 0.6 is 0 Å². The highest BCUT2D eigenvalue weighted by atomic mass is 16.5. The summed E-state index contributed by atoms with van der Waals surface area (Å²) in [6.07, 6.45) is 1.06. The molecule has 0 fully saturated rings. The van der Waals surface area contributed by atoms with E-state index in [0.29, 0.717) is 29.5 Å². The molecule has 0 aromatic heterocycles. The molecule has 0 saturated heterocycles. The van der Waals surface area contributed by atoms with E-state index in [1.165, 1.54) is 33.3 Å². The SMILES string of the molecule is COc1c(O)c(O)cc2c1-c1ccc(=O)c(OC)cc1C(NC(C)=O)CC2. The zero-order valence-corrected chi connectivity index (χ0v) is 15.3. The van der Waals surface area contributed by atoms with Crippen molar-refractivity contribution in [2.45, 2.75) is 25.8 Å². The topological polar surface area (TPSA) is 105 Å². The molecule has 0 bridgehead atoms. The number of rotatable bonds is 3. The summed E-state index contributed by atoms with van der Waals surface area (Å²) >= 11 is 0. The van der Waals surface area contributed by atoms with E-state index in [9.17, 15) is 19.8 Å². The van der Waals surface area contributed by atoms with Gasteiger partial charge in [0, 0.05) is 12.5 Å². The first-order valence-electron chi connectivity index (χ1n) is 8.48. The number of benzene rings is 1. The molecule has 0 saturated carbocycles. The summed E-state index contributed by atoms with van der Waals surface area (Å²) in [5.41, 5.74) is 2.30. The maximum absolute atomic E-state index is 12.3. The van der Waals surface area contributed by atoms with Crippen molar-refractivity contribution in [3.05, 3.63) is 45.6 Å². The number of fused-ring (bicyclic) bond motifs is 3. The Hall–Kier alpha value is -3.22. The van der Waals surface area contributed by atoms with E-state index in [-0.39, 0.29) is 40.4 Å². The van der Waals surface area contributed by atoms with Crippen LogP contribution in [0.15, 0.2) is 29.1 Å². The highest BCUT2D eigenvalue weighted by molar-refractivity contribution is 5.83. The first-order valence-corrected chi connectivity index (χ1v) is 8.48. The fourth-order valence-corrected chi connectivity index (χ4v) is 3.53. The van der Waals surface area contributed by atoms with E-state index in [4.69, 9.17) is 9.47 Å².